The molecule has 0 atom stereocenters. The van der Waals surface area contributed by atoms with E-state index >= 15 is 0 Å². The van der Waals surface area contributed by atoms with E-state index in [4.69, 9.17) is 16.7 Å². The maximum Gasteiger partial charge on any atom is 0.134 e. The first-order valence-corrected chi connectivity index (χ1v) is 5.03. The van der Waals surface area contributed by atoms with E-state index in [-0.39, 0.29) is 6.61 Å². The summed E-state index contributed by atoms with van der Waals surface area (Å²) < 4.78 is 0. The molecule has 0 saturated heterocycles. The summed E-state index contributed by atoms with van der Waals surface area (Å²) in [6.07, 6.45) is 4.31. The molecule has 0 spiro atoms. The minimum Gasteiger partial charge on any atom is -0.396 e. The molecule has 1 rings (SSSR count). The topological polar surface area (TPSA) is 58.0 Å². The highest BCUT2D eigenvalue weighted by Gasteiger charge is 1.94. The van der Waals surface area contributed by atoms with E-state index < -0.39 is 0 Å². The Morgan fingerprint density at radius 2 is 2.14 bits per heavy atom. The lowest BCUT2D eigenvalue weighted by molar-refractivity contribution is 0.283. The molecule has 78 valence electrons. The Bertz CT molecular complexity index is 270. The molecule has 14 heavy (non-hydrogen) atoms. The molecule has 0 aliphatic carbocycles. The lowest BCUT2D eigenvalue weighted by atomic mass is 10.2. The van der Waals surface area contributed by atoms with Crippen molar-refractivity contribution in [3.05, 3.63) is 17.5 Å². The molecule has 0 bridgehead atoms. The Morgan fingerprint density at radius 1 is 1.29 bits per heavy atom. The van der Waals surface area contributed by atoms with E-state index in [1.54, 1.807) is 6.07 Å². The molecule has 0 aromatic carbocycles. The lowest BCUT2D eigenvalue weighted by Crippen LogP contribution is -2.03. The van der Waals surface area contributed by atoms with Crippen LogP contribution in [0.4, 0.5) is 5.82 Å². The van der Waals surface area contributed by atoms with Gasteiger partial charge in [-0.1, -0.05) is 11.6 Å². The molecule has 0 saturated carbocycles. The van der Waals surface area contributed by atoms with Gasteiger partial charge in [0.05, 0.1) is 0 Å². The van der Waals surface area contributed by atoms with Gasteiger partial charge in [0.25, 0.3) is 0 Å². The van der Waals surface area contributed by atoms with E-state index in [0.717, 1.165) is 31.6 Å². The van der Waals surface area contributed by atoms with E-state index in [9.17, 15) is 0 Å². The zero-order chi connectivity index (χ0) is 10.2. The number of hydrogen-bond donors (Lipinski definition) is 2. The normalized spacial score (nSPS) is 10.1. The first kappa shape index (κ1) is 11.2. The van der Waals surface area contributed by atoms with Gasteiger partial charge >= 0.3 is 0 Å². The summed E-state index contributed by atoms with van der Waals surface area (Å²) >= 11 is 5.68. The Balaban J connectivity index is 2.18. The first-order chi connectivity index (χ1) is 6.83. The Labute approximate surface area is 88.3 Å². The van der Waals surface area contributed by atoms with Crippen LogP contribution in [0.2, 0.25) is 5.15 Å². The lowest BCUT2D eigenvalue weighted by Gasteiger charge is -2.04. The van der Waals surface area contributed by atoms with Gasteiger partial charge in [-0.25, -0.2) is 9.97 Å². The van der Waals surface area contributed by atoms with E-state index in [1.807, 2.05) is 0 Å². The molecule has 1 heterocycles. The summed E-state index contributed by atoms with van der Waals surface area (Å²) in [6.45, 7) is 1.10. The average Bonchev–Trinajstić information content (AvgIpc) is 2.18. The Morgan fingerprint density at radius 3 is 2.86 bits per heavy atom. The largest absolute Gasteiger partial charge is 0.396 e. The zero-order valence-corrected chi connectivity index (χ0v) is 8.67. The smallest absolute Gasteiger partial charge is 0.134 e. The summed E-state index contributed by atoms with van der Waals surface area (Å²) in [4.78, 5) is 7.78. The predicted molar refractivity (Wildman–Crippen MR) is 56.5 cm³/mol. The minimum atomic E-state index is 0.263. The van der Waals surface area contributed by atoms with Crippen molar-refractivity contribution >= 4 is 17.4 Å². The second-order valence-electron chi connectivity index (χ2n) is 2.94. The van der Waals surface area contributed by atoms with Gasteiger partial charge in [-0.3, -0.25) is 0 Å². The number of aromatic nitrogens is 2. The summed E-state index contributed by atoms with van der Waals surface area (Å²) in [6, 6.07) is 1.69. The van der Waals surface area contributed by atoms with E-state index in [0.29, 0.717) is 5.15 Å². The number of halogens is 1. The molecule has 0 radical (unpaired) electrons. The fraction of sp³-hybridized carbons (Fsp3) is 0.556. The number of nitrogens with one attached hydrogen (secondary N) is 1. The average molecular weight is 216 g/mol. The number of aliphatic hydroxyl groups excluding tert-OH is 1. The van der Waals surface area contributed by atoms with Crippen molar-refractivity contribution in [1.29, 1.82) is 0 Å². The summed E-state index contributed by atoms with van der Waals surface area (Å²) in [5, 5.41) is 12.1. The van der Waals surface area contributed by atoms with Crippen LogP contribution in [0.25, 0.3) is 0 Å². The van der Waals surface area contributed by atoms with Gasteiger partial charge in [0.2, 0.25) is 0 Å². The van der Waals surface area contributed by atoms with Gasteiger partial charge in [-0.05, 0) is 19.3 Å². The van der Waals surface area contributed by atoms with Crippen molar-refractivity contribution in [2.24, 2.45) is 0 Å². The van der Waals surface area contributed by atoms with Crippen molar-refractivity contribution in [1.82, 2.24) is 9.97 Å². The molecule has 0 aliphatic heterocycles. The van der Waals surface area contributed by atoms with Gasteiger partial charge < -0.3 is 10.4 Å². The van der Waals surface area contributed by atoms with Crippen LogP contribution in [-0.2, 0) is 0 Å². The summed E-state index contributed by atoms with van der Waals surface area (Å²) in [7, 11) is 0. The number of nitrogens with zero attached hydrogens (tertiary/aromatic N) is 2. The van der Waals surface area contributed by atoms with Crippen LogP contribution >= 0.6 is 11.6 Å². The molecule has 4 nitrogen and oxygen atoms in total. The van der Waals surface area contributed by atoms with Gasteiger partial charge in [-0.15, -0.1) is 0 Å². The van der Waals surface area contributed by atoms with E-state index in [1.165, 1.54) is 6.33 Å². The zero-order valence-electron chi connectivity index (χ0n) is 7.91. The van der Waals surface area contributed by atoms with Crippen LogP contribution in [0, 0.1) is 0 Å². The van der Waals surface area contributed by atoms with Gasteiger partial charge in [0.15, 0.2) is 0 Å². The number of unbranched alkanes of at least 4 members (excludes halogenated alkanes) is 2. The first-order valence-electron chi connectivity index (χ1n) is 4.65. The highest BCUT2D eigenvalue weighted by Crippen LogP contribution is 2.08. The quantitative estimate of drug-likeness (QED) is 0.560. The molecule has 0 amide bonds. The van der Waals surface area contributed by atoms with Crippen LogP contribution in [0.3, 0.4) is 0 Å². The van der Waals surface area contributed by atoms with Gasteiger partial charge in [0, 0.05) is 19.2 Å². The highest BCUT2D eigenvalue weighted by molar-refractivity contribution is 6.29. The third-order valence-electron chi connectivity index (χ3n) is 1.77. The van der Waals surface area contributed by atoms with E-state index in [2.05, 4.69) is 15.3 Å². The third kappa shape index (κ3) is 4.39. The van der Waals surface area contributed by atoms with Crippen molar-refractivity contribution in [2.45, 2.75) is 19.3 Å². The fourth-order valence-corrected chi connectivity index (χ4v) is 1.21. The van der Waals surface area contributed by atoms with Crippen LogP contribution in [0.15, 0.2) is 12.4 Å². The maximum atomic E-state index is 8.56. The molecule has 0 fully saturated rings. The van der Waals surface area contributed by atoms with Gasteiger partial charge in [-0.2, -0.15) is 0 Å². The van der Waals surface area contributed by atoms with Crippen molar-refractivity contribution < 1.29 is 5.11 Å². The third-order valence-corrected chi connectivity index (χ3v) is 1.98. The molecule has 1 aromatic rings. The molecule has 5 heteroatoms. The molecule has 1 aromatic heterocycles. The minimum absolute atomic E-state index is 0.263. The van der Waals surface area contributed by atoms with Gasteiger partial charge in [0.1, 0.15) is 17.3 Å². The second-order valence-corrected chi connectivity index (χ2v) is 3.32. The molecular weight excluding hydrogens is 202 g/mol. The van der Waals surface area contributed by atoms with Crippen LogP contribution in [0.5, 0.6) is 0 Å². The monoisotopic (exact) mass is 215 g/mol. The summed E-state index contributed by atoms with van der Waals surface area (Å²) in [5.41, 5.74) is 0. The molecule has 0 aliphatic rings. The number of rotatable bonds is 6. The van der Waals surface area contributed by atoms with Crippen molar-refractivity contribution in [3.8, 4) is 0 Å². The molecule has 0 unspecified atom stereocenters. The fourth-order valence-electron chi connectivity index (χ4n) is 1.06. The van der Waals surface area contributed by atoms with Crippen molar-refractivity contribution in [2.75, 3.05) is 18.5 Å². The predicted octanol–water partition coefficient (Wildman–Crippen LogP) is 1.70. The van der Waals surface area contributed by atoms with Crippen molar-refractivity contribution in [3.63, 3.8) is 0 Å². The van der Waals surface area contributed by atoms with Crippen LogP contribution in [0.1, 0.15) is 19.3 Å². The van der Waals surface area contributed by atoms with Crippen LogP contribution in [-0.4, -0.2) is 28.2 Å². The van der Waals surface area contributed by atoms with Crippen LogP contribution < -0.4 is 5.32 Å². The summed E-state index contributed by atoms with van der Waals surface area (Å²) in [5.74, 6) is 0.744. The SMILES string of the molecule is OCCCCCNc1cc(Cl)ncn1. The molecular formula is C9H14ClN3O. The Kier molecular flexibility index (Phi) is 5.25. The number of hydrogen-bond acceptors (Lipinski definition) is 4. The second kappa shape index (κ2) is 6.56. The number of anilines is 1. The molecule has 2 N–H and O–H groups in total. The Hall–Kier alpha value is -0.870. The number of aliphatic hydroxyl groups is 1. The highest BCUT2D eigenvalue weighted by atomic mass is 35.5. The standard InChI is InChI=1S/C9H14ClN3O/c10-8-6-9(13-7-12-8)11-4-2-1-3-5-14/h6-7,14H,1-5H2,(H,11,12,13). The maximum absolute atomic E-state index is 8.56.